The average Bonchev–Trinajstić information content (AvgIpc) is 2.28. The maximum Gasteiger partial charge on any atom is 0.326 e. The Bertz CT molecular complexity index is 299. The normalized spacial score (nSPS) is 19.6. The number of piperidine rings is 1. The van der Waals surface area contributed by atoms with Gasteiger partial charge in [0.2, 0.25) is 0 Å². The van der Waals surface area contributed by atoms with Gasteiger partial charge in [-0.2, -0.15) is 0 Å². The number of nitrogens with one attached hydrogen (secondary N) is 2. The van der Waals surface area contributed by atoms with Crippen LogP contribution in [-0.2, 0) is 4.79 Å². The quantitative estimate of drug-likeness (QED) is 0.684. The van der Waals surface area contributed by atoms with Crippen molar-refractivity contribution in [2.45, 2.75) is 38.8 Å². The maximum atomic E-state index is 11.7. The molecule has 0 bridgehead atoms. The van der Waals surface area contributed by atoms with Crippen LogP contribution in [-0.4, -0.2) is 54.2 Å². The number of carbonyl (C=O) groups excluding carboxylic acids is 1. The van der Waals surface area contributed by atoms with Crippen molar-refractivity contribution >= 4 is 12.0 Å². The monoisotopic (exact) mass is 257 g/mol. The second-order valence-corrected chi connectivity index (χ2v) is 5.26. The number of carboxylic acids is 1. The van der Waals surface area contributed by atoms with Gasteiger partial charge < -0.3 is 20.6 Å². The van der Waals surface area contributed by atoms with E-state index < -0.39 is 12.0 Å². The first-order valence-electron chi connectivity index (χ1n) is 6.38. The Hall–Kier alpha value is -1.30. The first kappa shape index (κ1) is 14.8. The van der Waals surface area contributed by atoms with Crippen molar-refractivity contribution in [1.29, 1.82) is 0 Å². The van der Waals surface area contributed by atoms with Gasteiger partial charge >= 0.3 is 12.0 Å². The Balaban J connectivity index is 2.38. The minimum absolute atomic E-state index is 0.134. The predicted octanol–water partition coefficient (Wildman–Crippen LogP) is 0.489. The Kier molecular flexibility index (Phi) is 5.40. The molecule has 0 spiro atoms. The summed E-state index contributed by atoms with van der Waals surface area (Å²) in [4.78, 5) is 24.9. The SMILES string of the molecule is CC(C)[C@H](NC(=O)NC1CCN(C)CC1)C(=O)O. The highest BCUT2D eigenvalue weighted by Gasteiger charge is 2.25. The Morgan fingerprint density at radius 1 is 1.28 bits per heavy atom. The maximum absolute atomic E-state index is 11.7. The Morgan fingerprint density at radius 2 is 1.83 bits per heavy atom. The average molecular weight is 257 g/mol. The van der Waals surface area contributed by atoms with E-state index in [-0.39, 0.29) is 18.0 Å². The third kappa shape index (κ3) is 4.52. The lowest BCUT2D eigenvalue weighted by Gasteiger charge is -2.30. The summed E-state index contributed by atoms with van der Waals surface area (Å²) in [5, 5.41) is 14.3. The van der Waals surface area contributed by atoms with E-state index in [4.69, 9.17) is 5.11 Å². The van der Waals surface area contributed by atoms with Gasteiger partial charge in [-0.25, -0.2) is 9.59 Å². The molecule has 0 aromatic heterocycles. The fourth-order valence-corrected chi connectivity index (χ4v) is 2.03. The zero-order valence-corrected chi connectivity index (χ0v) is 11.3. The molecule has 1 heterocycles. The van der Waals surface area contributed by atoms with Crippen LogP contribution in [0.2, 0.25) is 0 Å². The van der Waals surface area contributed by atoms with E-state index in [0.717, 1.165) is 25.9 Å². The van der Waals surface area contributed by atoms with Crippen LogP contribution >= 0.6 is 0 Å². The van der Waals surface area contributed by atoms with E-state index in [1.165, 1.54) is 0 Å². The smallest absolute Gasteiger partial charge is 0.326 e. The number of hydrogen-bond acceptors (Lipinski definition) is 3. The molecule has 3 N–H and O–H groups in total. The van der Waals surface area contributed by atoms with Gasteiger partial charge in [-0.15, -0.1) is 0 Å². The zero-order valence-electron chi connectivity index (χ0n) is 11.3. The molecule has 0 aromatic rings. The molecule has 0 aromatic carbocycles. The summed E-state index contributed by atoms with van der Waals surface area (Å²) in [5.74, 6) is -1.13. The van der Waals surface area contributed by atoms with Gasteiger partial charge in [0.15, 0.2) is 0 Å². The van der Waals surface area contributed by atoms with Crippen LogP contribution in [0.4, 0.5) is 4.79 Å². The summed E-state index contributed by atoms with van der Waals surface area (Å²) in [6.45, 7) is 5.46. The number of amides is 2. The van der Waals surface area contributed by atoms with Gasteiger partial charge in [-0.1, -0.05) is 13.8 Å². The molecule has 6 nitrogen and oxygen atoms in total. The number of likely N-dealkylation sites (tertiary alicyclic amines) is 1. The van der Waals surface area contributed by atoms with Crippen molar-refractivity contribution in [2.24, 2.45) is 5.92 Å². The molecule has 0 unspecified atom stereocenters. The lowest BCUT2D eigenvalue weighted by Crippen LogP contribution is -2.52. The highest BCUT2D eigenvalue weighted by atomic mass is 16.4. The van der Waals surface area contributed by atoms with E-state index in [2.05, 4.69) is 22.6 Å². The molecule has 1 atom stereocenters. The van der Waals surface area contributed by atoms with Crippen LogP contribution < -0.4 is 10.6 Å². The summed E-state index contributed by atoms with van der Waals surface area (Å²) in [6, 6.07) is -1.08. The van der Waals surface area contributed by atoms with Gasteiger partial charge in [0.1, 0.15) is 6.04 Å². The summed E-state index contributed by atoms with van der Waals surface area (Å²) >= 11 is 0. The van der Waals surface area contributed by atoms with Crippen LogP contribution in [0.3, 0.4) is 0 Å². The van der Waals surface area contributed by atoms with Gasteiger partial charge in [0, 0.05) is 6.04 Å². The largest absolute Gasteiger partial charge is 0.480 e. The van der Waals surface area contributed by atoms with Crippen LogP contribution in [0.25, 0.3) is 0 Å². The number of carbonyl (C=O) groups is 2. The fraction of sp³-hybridized carbons (Fsp3) is 0.833. The van der Waals surface area contributed by atoms with E-state index in [0.29, 0.717) is 0 Å². The number of carboxylic acid groups (broad SMARTS) is 1. The highest BCUT2D eigenvalue weighted by molar-refractivity contribution is 5.82. The molecule has 18 heavy (non-hydrogen) atoms. The molecular formula is C12H23N3O3. The minimum Gasteiger partial charge on any atom is -0.480 e. The summed E-state index contributed by atoms with van der Waals surface area (Å²) in [6.07, 6.45) is 1.81. The third-order valence-electron chi connectivity index (χ3n) is 3.27. The predicted molar refractivity (Wildman–Crippen MR) is 68.4 cm³/mol. The summed E-state index contributed by atoms with van der Waals surface area (Å²) in [5.41, 5.74) is 0. The molecule has 0 saturated carbocycles. The zero-order chi connectivity index (χ0) is 13.7. The van der Waals surface area contributed by atoms with Crippen molar-refractivity contribution in [1.82, 2.24) is 15.5 Å². The van der Waals surface area contributed by atoms with E-state index in [1.54, 1.807) is 13.8 Å². The second kappa shape index (κ2) is 6.58. The fourth-order valence-electron chi connectivity index (χ4n) is 2.03. The minimum atomic E-state index is -0.997. The molecule has 0 aliphatic carbocycles. The number of aliphatic carboxylic acids is 1. The lowest BCUT2D eigenvalue weighted by atomic mass is 10.0. The van der Waals surface area contributed by atoms with Gasteiger partial charge in [-0.05, 0) is 38.9 Å². The van der Waals surface area contributed by atoms with E-state index >= 15 is 0 Å². The number of hydrogen-bond donors (Lipinski definition) is 3. The topological polar surface area (TPSA) is 81.7 Å². The molecule has 1 fully saturated rings. The van der Waals surface area contributed by atoms with Crippen molar-refractivity contribution in [2.75, 3.05) is 20.1 Å². The molecule has 6 heteroatoms. The second-order valence-electron chi connectivity index (χ2n) is 5.26. The van der Waals surface area contributed by atoms with Gasteiger partial charge in [0.25, 0.3) is 0 Å². The Labute approximate surface area is 108 Å². The first-order chi connectivity index (χ1) is 8.40. The van der Waals surface area contributed by atoms with Crippen LogP contribution in [0.5, 0.6) is 0 Å². The van der Waals surface area contributed by atoms with Crippen LogP contribution in [0, 0.1) is 5.92 Å². The molecule has 2 amide bonds. The third-order valence-corrected chi connectivity index (χ3v) is 3.27. The standard InChI is InChI=1S/C12H23N3O3/c1-8(2)10(11(16)17)14-12(18)13-9-4-6-15(3)7-5-9/h8-10H,4-7H2,1-3H3,(H,16,17)(H2,13,14,18)/t10-/m0/s1. The van der Waals surface area contributed by atoms with E-state index in [9.17, 15) is 9.59 Å². The van der Waals surface area contributed by atoms with Crippen molar-refractivity contribution < 1.29 is 14.7 Å². The van der Waals surface area contributed by atoms with Crippen molar-refractivity contribution in [3.05, 3.63) is 0 Å². The first-order valence-corrected chi connectivity index (χ1v) is 6.38. The summed E-state index contributed by atoms with van der Waals surface area (Å²) in [7, 11) is 2.05. The highest BCUT2D eigenvalue weighted by Crippen LogP contribution is 2.08. The van der Waals surface area contributed by atoms with Crippen LogP contribution in [0.15, 0.2) is 0 Å². The van der Waals surface area contributed by atoms with Gasteiger partial charge in [-0.3, -0.25) is 0 Å². The van der Waals surface area contributed by atoms with E-state index in [1.807, 2.05) is 0 Å². The molecule has 1 saturated heterocycles. The van der Waals surface area contributed by atoms with Crippen LogP contribution in [0.1, 0.15) is 26.7 Å². The molecule has 0 radical (unpaired) electrons. The Morgan fingerprint density at radius 3 is 2.28 bits per heavy atom. The van der Waals surface area contributed by atoms with Crippen molar-refractivity contribution in [3.8, 4) is 0 Å². The molecular weight excluding hydrogens is 234 g/mol. The molecule has 104 valence electrons. The molecule has 1 aliphatic heterocycles. The molecule has 1 aliphatic rings. The van der Waals surface area contributed by atoms with Crippen molar-refractivity contribution in [3.63, 3.8) is 0 Å². The van der Waals surface area contributed by atoms with Gasteiger partial charge in [0.05, 0.1) is 0 Å². The lowest BCUT2D eigenvalue weighted by molar-refractivity contribution is -0.140. The number of rotatable bonds is 4. The summed E-state index contributed by atoms with van der Waals surface area (Å²) < 4.78 is 0. The molecule has 1 rings (SSSR count). The number of nitrogens with zero attached hydrogens (tertiary/aromatic N) is 1. The number of urea groups is 1.